The molecule has 2 aromatic rings. The molecule has 96 valence electrons. The first-order chi connectivity index (χ1) is 9.11. The number of nitriles is 1. The van der Waals surface area contributed by atoms with Gasteiger partial charge in [-0.2, -0.15) is 5.26 Å². The van der Waals surface area contributed by atoms with Gasteiger partial charge < -0.3 is 5.32 Å². The lowest BCUT2D eigenvalue weighted by atomic mass is 10.2. The molecule has 5 heteroatoms. The maximum Gasteiger partial charge on any atom is 0.146 e. The van der Waals surface area contributed by atoms with Gasteiger partial charge in [-0.05, 0) is 24.3 Å². The molecule has 0 spiro atoms. The smallest absolute Gasteiger partial charge is 0.146 e. The monoisotopic (exact) mass is 294 g/mol. The standard InChI is InChI=1S/C14H9Cl2FN2/c15-12-3-1-2-10(14(12)17)8-19-11-5-4-9(7-18)13(16)6-11/h1-6,19H,8H2. The Bertz CT molecular complexity index is 650. The maximum absolute atomic E-state index is 13.7. The van der Waals surface area contributed by atoms with Gasteiger partial charge in [0.2, 0.25) is 0 Å². The second-order valence-electron chi connectivity index (χ2n) is 3.87. The largest absolute Gasteiger partial charge is 0.381 e. The van der Waals surface area contributed by atoms with Gasteiger partial charge >= 0.3 is 0 Å². The average molecular weight is 295 g/mol. The van der Waals surface area contributed by atoms with Gasteiger partial charge in [0.05, 0.1) is 15.6 Å². The highest BCUT2D eigenvalue weighted by atomic mass is 35.5. The summed E-state index contributed by atoms with van der Waals surface area (Å²) in [5.41, 5.74) is 1.58. The molecule has 0 aliphatic carbocycles. The molecule has 0 amide bonds. The predicted octanol–water partition coefficient (Wildman–Crippen LogP) is 4.62. The van der Waals surface area contributed by atoms with Crippen molar-refractivity contribution in [3.8, 4) is 6.07 Å². The van der Waals surface area contributed by atoms with Crippen LogP contribution in [0.5, 0.6) is 0 Å². The predicted molar refractivity (Wildman–Crippen MR) is 74.9 cm³/mol. The molecule has 0 aliphatic heterocycles. The van der Waals surface area contributed by atoms with Gasteiger partial charge in [0.1, 0.15) is 11.9 Å². The van der Waals surface area contributed by atoms with Gasteiger partial charge in [0, 0.05) is 17.8 Å². The van der Waals surface area contributed by atoms with Crippen molar-refractivity contribution in [2.45, 2.75) is 6.54 Å². The van der Waals surface area contributed by atoms with E-state index in [-0.39, 0.29) is 11.6 Å². The molecule has 19 heavy (non-hydrogen) atoms. The highest BCUT2D eigenvalue weighted by molar-refractivity contribution is 6.32. The lowest BCUT2D eigenvalue weighted by molar-refractivity contribution is 0.613. The van der Waals surface area contributed by atoms with E-state index in [1.807, 2.05) is 6.07 Å². The molecule has 0 saturated heterocycles. The van der Waals surface area contributed by atoms with Crippen LogP contribution in [0.3, 0.4) is 0 Å². The van der Waals surface area contributed by atoms with Crippen LogP contribution in [0, 0.1) is 17.1 Å². The zero-order valence-corrected chi connectivity index (χ0v) is 11.3. The highest BCUT2D eigenvalue weighted by Gasteiger charge is 2.06. The Labute approximate surface area is 120 Å². The molecule has 0 aliphatic rings. The third-order valence-electron chi connectivity index (χ3n) is 2.60. The Balaban J connectivity index is 2.13. The molecule has 2 nitrogen and oxygen atoms in total. The van der Waals surface area contributed by atoms with Crippen molar-refractivity contribution < 1.29 is 4.39 Å². The Morgan fingerprint density at radius 3 is 2.63 bits per heavy atom. The Morgan fingerprint density at radius 2 is 1.95 bits per heavy atom. The van der Waals surface area contributed by atoms with Gasteiger partial charge in [0.25, 0.3) is 0 Å². The summed E-state index contributed by atoms with van der Waals surface area (Å²) in [6, 6.07) is 11.8. The van der Waals surface area contributed by atoms with Crippen LogP contribution in [0.2, 0.25) is 10.0 Å². The van der Waals surface area contributed by atoms with Crippen molar-refractivity contribution in [1.82, 2.24) is 0 Å². The summed E-state index contributed by atoms with van der Waals surface area (Å²) in [6.45, 7) is 0.286. The third kappa shape index (κ3) is 3.17. The fourth-order valence-electron chi connectivity index (χ4n) is 1.60. The number of benzene rings is 2. The molecule has 0 aromatic heterocycles. The molecule has 1 N–H and O–H groups in total. The maximum atomic E-state index is 13.7. The molecule has 0 radical (unpaired) electrons. The van der Waals surface area contributed by atoms with Crippen LogP contribution >= 0.6 is 23.2 Å². The van der Waals surface area contributed by atoms with Gasteiger partial charge in [-0.1, -0.05) is 35.3 Å². The number of halogens is 3. The minimum absolute atomic E-state index is 0.0946. The molecule has 2 rings (SSSR count). The summed E-state index contributed by atoms with van der Waals surface area (Å²) >= 11 is 11.6. The first-order valence-corrected chi connectivity index (χ1v) is 6.24. The van der Waals surface area contributed by atoms with E-state index < -0.39 is 5.82 Å². The van der Waals surface area contributed by atoms with Crippen LogP contribution in [0.4, 0.5) is 10.1 Å². The molecular formula is C14H9Cl2FN2. The quantitative estimate of drug-likeness (QED) is 0.897. The van der Waals surface area contributed by atoms with Crippen LogP contribution in [0.1, 0.15) is 11.1 Å². The number of nitrogens with one attached hydrogen (secondary N) is 1. The summed E-state index contributed by atoms with van der Waals surface area (Å²) in [7, 11) is 0. The van der Waals surface area contributed by atoms with E-state index in [2.05, 4.69) is 5.32 Å². The van der Waals surface area contributed by atoms with Crippen molar-refractivity contribution in [3.05, 3.63) is 63.4 Å². The molecule has 0 fully saturated rings. The van der Waals surface area contributed by atoms with E-state index in [1.165, 1.54) is 6.07 Å². The third-order valence-corrected chi connectivity index (χ3v) is 3.21. The molecular weight excluding hydrogens is 286 g/mol. The van der Waals surface area contributed by atoms with Gasteiger partial charge in [-0.15, -0.1) is 0 Å². The van der Waals surface area contributed by atoms with Crippen LogP contribution in [-0.2, 0) is 6.54 Å². The van der Waals surface area contributed by atoms with Gasteiger partial charge in [-0.25, -0.2) is 4.39 Å². The minimum atomic E-state index is -0.434. The van der Waals surface area contributed by atoms with Crippen molar-refractivity contribution in [2.75, 3.05) is 5.32 Å². The number of anilines is 1. The Morgan fingerprint density at radius 1 is 1.16 bits per heavy atom. The normalized spacial score (nSPS) is 10.0. The van der Waals surface area contributed by atoms with E-state index in [1.54, 1.807) is 30.3 Å². The zero-order chi connectivity index (χ0) is 13.8. The van der Waals surface area contributed by atoms with Crippen LogP contribution in [0.15, 0.2) is 36.4 Å². The minimum Gasteiger partial charge on any atom is -0.381 e. The molecule has 0 saturated carbocycles. The molecule has 0 bridgehead atoms. The number of rotatable bonds is 3. The summed E-state index contributed by atoms with van der Waals surface area (Å²) in [5.74, 6) is -0.434. The van der Waals surface area contributed by atoms with Crippen LogP contribution in [-0.4, -0.2) is 0 Å². The lowest BCUT2D eigenvalue weighted by Crippen LogP contribution is -2.02. The SMILES string of the molecule is N#Cc1ccc(NCc2cccc(Cl)c2F)cc1Cl. The molecule has 0 unspecified atom stereocenters. The number of nitrogens with zero attached hydrogens (tertiary/aromatic N) is 1. The van der Waals surface area contributed by atoms with E-state index >= 15 is 0 Å². The molecule has 0 heterocycles. The van der Waals surface area contributed by atoms with Crippen molar-refractivity contribution >= 4 is 28.9 Å². The first kappa shape index (κ1) is 13.7. The topological polar surface area (TPSA) is 35.8 Å². The van der Waals surface area contributed by atoms with E-state index in [9.17, 15) is 4.39 Å². The summed E-state index contributed by atoms with van der Waals surface area (Å²) in [4.78, 5) is 0. The zero-order valence-electron chi connectivity index (χ0n) is 9.75. The first-order valence-electron chi connectivity index (χ1n) is 5.48. The van der Waals surface area contributed by atoms with Crippen molar-refractivity contribution in [3.63, 3.8) is 0 Å². The van der Waals surface area contributed by atoms with E-state index in [4.69, 9.17) is 28.5 Å². The van der Waals surface area contributed by atoms with Crippen LogP contribution < -0.4 is 5.32 Å². The Hall–Kier alpha value is -1.76. The fourth-order valence-corrected chi connectivity index (χ4v) is 2.01. The molecule has 0 atom stereocenters. The van der Waals surface area contributed by atoms with E-state index in [0.29, 0.717) is 21.8 Å². The lowest BCUT2D eigenvalue weighted by Gasteiger charge is -2.09. The number of hydrogen-bond acceptors (Lipinski definition) is 2. The van der Waals surface area contributed by atoms with Gasteiger partial charge in [-0.3, -0.25) is 0 Å². The Kier molecular flexibility index (Phi) is 4.26. The van der Waals surface area contributed by atoms with Crippen molar-refractivity contribution in [2.24, 2.45) is 0 Å². The summed E-state index contributed by atoms with van der Waals surface area (Å²) in [5, 5.41) is 12.2. The second-order valence-corrected chi connectivity index (χ2v) is 4.69. The second kappa shape index (κ2) is 5.92. The van der Waals surface area contributed by atoms with E-state index in [0.717, 1.165) is 0 Å². The van der Waals surface area contributed by atoms with Gasteiger partial charge in [0.15, 0.2) is 0 Å². The molecule has 2 aromatic carbocycles. The number of hydrogen-bond donors (Lipinski definition) is 1. The van der Waals surface area contributed by atoms with Crippen LogP contribution in [0.25, 0.3) is 0 Å². The van der Waals surface area contributed by atoms with Crippen molar-refractivity contribution in [1.29, 1.82) is 5.26 Å². The summed E-state index contributed by atoms with van der Waals surface area (Å²) < 4.78 is 13.7. The summed E-state index contributed by atoms with van der Waals surface area (Å²) in [6.07, 6.45) is 0. The average Bonchev–Trinajstić information content (AvgIpc) is 2.40. The fraction of sp³-hybridized carbons (Fsp3) is 0.0714. The highest BCUT2D eigenvalue weighted by Crippen LogP contribution is 2.22.